The summed E-state index contributed by atoms with van der Waals surface area (Å²) in [5.74, 6) is -0.261. The fraction of sp³-hybridized carbons (Fsp3) is 0.929. The number of rotatable bonds is 5. The van der Waals surface area contributed by atoms with Crippen molar-refractivity contribution < 1.29 is 31.3 Å². The fourth-order valence-corrected chi connectivity index (χ4v) is 4.38. The van der Waals surface area contributed by atoms with Gasteiger partial charge in [-0.2, -0.15) is 29.0 Å². The molecule has 140 valence electrons. The molecule has 1 aliphatic heterocycles. The average Bonchev–Trinajstić information content (AvgIpc) is 2.73. The molecule has 1 saturated heterocycles. The molecule has 0 bridgehead atoms. The van der Waals surface area contributed by atoms with E-state index in [-0.39, 0.29) is 5.92 Å². The van der Waals surface area contributed by atoms with E-state index in [2.05, 4.69) is 4.90 Å². The van der Waals surface area contributed by atoms with Gasteiger partial charge in [-0.05, 0) is 19.3 Å². The first-order chi connectivity index (χ1) is 11.2. The molecule has 1 N–H and O–H groups in total. The highest BCUT2D eigenvalue weighted by Crippen LogP contribution is 2.30. The van der Waals surface area contributed by atoms with Gasteiger partial charge >= 0.3 is 21.3 Å². The van der Waals surface area contributed by atoms with Crippen molar-refractivity contribution in [1.29, 1.82) is 0 Å². The Labute approximate surface area is 145 Å². The maximum absolute atomic E-state index is 13.4. The van der Waals surface area contributed by atoms with Gasteiger partial charge in [0.15, 0.2) is 0 Å². The normalized spacial score (nSPS) is 27.5. The number of hydrogen-bond acceptors (Lipinski definition) is 6. The number of carbonyl (C=O) groups excluding carboxylic acids is 1. The van der Waals surface area contributed by atoms with Crippen LogP contribution in [0.4, 0.5) is 8.78 Å². The SMILES string of the molecule is O=C(OC1CCCCCC1CN1CCSCC1)C(F)(F)S(=O)(=O)O. The molecule has 0 aromatic carbocycles. The summed E-state index contributed by atoms with van der Waals surface area (Å²) in [5, 5.41) is -4.92. The number of carbonyl (C=O) groups is 1. The smallest absolute Gasteiger partial charge is 0.457 e. The van der Waals surface area contributed by atoms with Crippen LogP contribution in [0.25, 0.3) is 0 Å². The van der Waals surface area contributed by atoms with Crippen molar-refractivity contribution in [3.8, 4) is 0 Å². The van der Waals surface area contributed by atoms with Crippen LogP contribution in [0.3, 0.4) is 0 Å². The predicted octanol–water partition coefficient (Wildman–Crippen LogP) is 2.01. The van der Waals surface area contributed by atoms with Crippen molar-refractivity contribution in [1.82, 2.24) is 4.90 Å². The van der Waals surface area contributed by atoms with Crippen LogP contribution in [0, 0.1) is 5.92 Å². The molecule has 10 heteroatoms. The second-order valence-electron chi connectivity index (χ2n) is 6.25. The highest BCUT2D eigenvalue weighted by Gasteiger charge is 2.55. The lowest BCUT2D eigenvalue weighted by atomic mass is 9.96. The third-order valence-corrected chi connectivity index (χ3v) is 6.26. The van der Waals surface area contributed by atoms with Gasteiger partial charge in [-0.25, -0.2) is 4.79 Å². The quantitative estimate of drug-likeness (QED) is 0.439. The van der Waals surface area contributed by atoms with Crippen LogP contribution in [0.1, 0.15) is 32.1 Å². The van der Waals surface area contributed by atoms with Gasteiger partial charge < -0.3 is 9.64 Å². The number of alkyl halides is 2. The van der Waals surface area contributed by atoms with E-state index in [4.69, 9.17) is 9.29 Å². The Kier molecular flexibility index (Phi) is 6.86. The van der Waals surface area contributed by atoms with E-state index in [1.807, 2.05) is 11.8 Å². The summed E-state index contributed by atoms with van der Waals surface area (Å²) in [6, 6.07) is 0. The zero-order valence-electron chi connectivity index (χ0n) is 13.3. The zero-order valence-corrected chi connectivity index (χ0v) is 15.0. The van der Waals surface area contributed by atoms with Gasteiger partial charge in [-0.3, -0.25) is 4.55 Å². The average molecular weight is 387 g/mol. The van der Waals surface area contributed by atoms with Crippen molar-refractivity contribution in [2.45, 2.75) is 43.5 Å². The van der Waals surface area contributed by atoms with Crippen molar-refractivity contribution >= 4 is 27.8 Å². The Bertz CT molecular complexity index is 537. The predicted molar refractivity (Wildman–Crippen MR) is 86.7 cm³/mol. The molecule has 24 heavy (non-hydrogen) atoms. The van der Waals surface area contributed by atoms with E-state index in [1.54, 1.807) is 0 Å². The van der Waals surface area contributed by atoms with Crippen molar-refractivity contribution in [3.05, 3.63) is 0 Å². The second-order valence-corrected chi connectivity index (χ2v) is 8.93. The molecule has 2 unspecified atom stereocenters. The van der Waals surface area contributed by atoms with Crippen LogP contribution in [-0.2, 0) is 19.6 Å². The summed E-state index contributed by atoms with van der Waals surface area (Å²) in [5.41, 5.74) is 0. The number of esters is 1. The zero-order chi connectivity index (χ0) is 17.8. The van der Waals surface area contributed by atoms with Crippen molar-refractivity contribution in [3.63, 3.8) is 0 Å². The third-order valence-electron chi connectivity index (χ3n) is 4.51. The molecule has 2 rings (SSSR count). The van der Waals surface area contributed by atoms with Crippen molar-refractivity contribution in [2.75, 3.05) is 31.1 Å². The molecule has 1 heterocycles. The summed E-state index contributed by atoms with van der Waals surface area (Å²) < 4.78 is 61.7. The van der Waals surface area contributed by atoms with Gasteiger partial charge in [0.2, 0.25) is 0 Å². The van der Waals surface area contributed by atoms with Gasteiger partial charge in [0.1, 0.15) is 6.10 Å². The van der Waals surface area contributed by atoms with E-state index >= 15 is 0 Å². The molecule has 1 aliphatic carbocycles. The molecule has 2 atom stereocenters. The fourth-order valence-electron chi connectivity index (χ4n) is 3.14. The molecule has 0 aromatic heterocycles. The lowest BCUT2D eigenvalue weighted by Crippen LogP contribution is -2.44. The monoisotopic (exact) mass is 387 g/mol. The number of nitrogens with zero attached hydrogens (tertiary/aromatic N) is 1. The van der Waals surface area contributed by atoms with Crippen LogP contribution < -0.4 is 0 Å². The first-order valence-corrected chi connectivity index (χ1v) is 10.7. The largest absolute Gasteiger partial charge is 0.465 e. The van der Waals surface area contributed by atoms with Gasteiger partial charge in [0.25, 0.3) is 0 Å². The lowest BCUT2D eigenvalue weighted by molar-refractivity contribution is -0.170. The standard InChI is InChI=1S/C14H23F2NO5S2/c15-14(16,24(19,20)21)13(18)22-12-5-3-1-2-4-11(12)10-17-6-8-23-9-7-17/h11-12H,1-10H2,(H,19,20,21). The molecule has 0 radical (unpaired) electrons. The molecule has 6 nitrogen and oxygen atoms in total. The molecule has 2 fully saturated rings. The van der Waals surface area contributed by atoms with E-state index in [1.165, 1.54) is 0 Å². The molecule has 0 aromatic rings. The minimum atomic E-state index is -5.83. The molecule has 0 amide bonds. The number of halogens is 2. The molecule has 1 saturated carbocycles. The number of ether oxygens (including phenoxy) is 1. The molecule has 0 spiro atoms. The van der Waals surface area contributed by atoms with E-state index in [0.29, 0.717) is 13.0 Å². The second kappa shape index (κ2) is 8.29. The van der Waals surface area contributed by atoms with Crippen LogP contribution in [-0.4, -0.2) is 66.3 Å². The summed E-state index contributed by atoms with van der Waals surface area (Å²) >= 11 is 1.86. The Morgan fingerprint density at radius 3 is 2.46 bits per heavy atom. The Morgan fingerprint density at radius 1 is 1.21 bits per heavy atom. The highest BCUT2D eigenvalue weighted by molar-refractivity contribution is 7.99. The minimum absolute atomic E-state index is 0.100. The maximum Gasteiger partial charge on any atom is 0.465 e. The van der Waals surface area contributed by atoms with E-state index in [0.717, 1.165) is 50.3 Å². The topological polar surface area (TPSA) is 83.9 Å². The summed E-state index contributed by atoms with van der Waals surface area (Å²) in [4.78, 5) is 13.8. The van der Waals surface area contributed by atoms with Gasteiger partial charge in [0.05, 0.1) is 0 Å². The Hall–Kier alpha value is -0.450. The number of hydrogen-bond donors (Lipinski definition) is 1. The highest BCUT2D eigenvalue weighted by atomic mass is 32.2. The lowest BCUT2D eigenvalue weighted by Gasteiger charge is -2.33. The van der Waals surface area contributed by atoms with Crippen LogP contribution in [0.2, 0.25) is 0 Å². The van der Waals surface area contributed by atoms with Gasteiger partial charge in [-0.15, -0.1) is 0 Å². The van der Waals surface area contributed by atoms with Crippen LogP contribution in [0.5, 0.6) is 0 Å². The Balaban J connectivity index is 2.04. The maximum atomic E-state index is 13.4. The first-order valence-electron chi connectivity index (χ1n) is 8.08. The third kappa shape index (κ3) is 5.03. The summed E-state index contributed by atoms with van der Waals surface area (Å²) in [7, 11) is -5.83. The summed E-state index contributed by atoms with van der Waals surface area (Å²) in [6.45, 7) is 2.46. The first kappa shape index (κ1) is 19.9. The van der Waals surface area contributed by atoms with E-state index < -0.39 is 27.4 Å². The van der Waals surface area contributed by atoms with Gasteiger partial charge in [-0.1, -0.05) is 12.8 Å². The molecular formula is C14H23F2NO5S2. The van der Waals surface area contributed by atoms with Crippen LogP contribution >= 0.6 is 11.8 Å². The van der Waals surface area contributed by atoms with Gasteiger partial charge in [0, 0.05) is 37.1 Å². The minimum Gasteiger partial charge on any atom is -0.457 e. The molecule has 2 aliphatic rings. The summed E-state index contributed by atoms with van der Waals surface area (Å²) in [6.07, 6.45) is 3.02. The van der Waals surface area contributed by atoms with Crippen LogP contribution in [0.15, 0.2) is 0 Å². The molecular weight excluding hydrogens is 364 g/mol. The Morgan fingerprint density at radius 2 is 1.83 bits per heavy atom. The van der Waals surface area contributed by atoms with E-state index in [9.17, 15) is 22.0 Å². The van der Waals surface area contributed by atoms with Crippen molar-refractivity contribution in [2.24, 2.45) is 5.92 Å². The number of thioether (sulfide) groups is 1.